The highest BCUT2D eigenvalue weighted by molar-refractivity contribution is 5.45. The van der Waals surface area contributed by atoms with E-state index in [-0.39, 0.29) is 11.3 Å². The van der Waals surface area contributed by atoms with Crippen molar-refractivity contribution in [3.8, 4) is 0 Å². The second-order valence-corrected chi connectivity index (χ2v) is 3.52. The molecule has 1 aromatic carbocycles. The predicted octanol–water partition coefficient (Wildman–Crippen LogP) is 3.37. The first-order valence-corrected chi connectivity index (χ1v) is 4.70. The maximum absolute atomic E-state index is 12.6. The summed E-state index contributed by atoms with van der Waals surface area (Å²) in [5, 5.41) is 0. The summed E-state index contributed by atoms with van der Waals surface area (Å²) in [6, 6.07) is 2.82. The van der Waals surface area contributed by atoms with Gasteiger partial charge in [0.25, 0.3) is 0 Å². The number of halogens is 6. The van der Waals surface area contributed by atoms with Crippen molar-refractivity contribution in [1.82, 2.24) is 0 Å². The molecule has 0 bridgehead atoms. The number of hydrogen-bond donors (Lipinski definition) is 1. The van der Waals surface area contributed by atoms with Crippen LogP contribution >= 0.6 is 0 Å². The minimum absolute atomic E-state index is 0.123. The molecule has 0 saturated heterocycles. The summed E-state index contributed by atoms with van der Waals surface area (Å²) in [7, 11) is 0. The van der Waals surface area contributed by atoms with Gasteiger partial charge in [-0.2, -0.15) is 26.3 Å². The van der Waals surface area contributed by atoms with Crippen LogP contribution in [0.3, 0.4) is 0 Å². The van der Waals surface area contributed by atoms with E-state index in [0.29, 0.717) is 6.07 Å². The van der Waals surface area contributed by atoms with Gasteiger partial charge in [0.05, 0.1) is 12.2 Å². The third-order valence-corrected chi connectivity index (χ3v) is 1.96. The maximum atomic E-state index is 12.6. The molecule has 0 radical (unpaired) electrons. The third kappa shape index (κ3) is 4.44. The van der Waals surface area contributed by atoms with E-state index in [1.807, 2.05) is 0 Å². The normalized spacial score (nSPS) is 12.8. The van der Waals surface area contributed by atoms with E-state index in [4.69, 9.17) is 5.73 Å². The van der Waals surface area contributed by atoms with E-state index in [1.54, 1.807) is 0 Å². The Morgan fingerprint density at radius 1 is 1.06 bits per heavy atom. The van der Waals surface area contributed by atoms with Crippen molar-refractivity contribution in [2.45, 2.75) is 19.0 Å². The number of benzene rings is 1. The molecule has 102 valence electrons. The zero-order chi connectivity index (χ0) is 14.0. The summed E-state index contributed by atoms with van der Waals surface area (Å²) >= 11 is 0. The average molecular weight is 273 g/mol. The summed E-state index contributed by atoms with van der Waals surface area (Å²) in [6.07, 6.45) is -9.27. The number of rotatable bonds is 3. The molecule has 0 aromatic heterocycles. The van der Waals surface area contributed by atoms with Crippen molar-refractivity contribution in [2.24, 2.45) is 0 Å². The van der Waals surface area contributed by atoms with Gasteiger partial charge in [-0.3, -0.25) is 0 Å². The molecule has 0 amide bonds. The topological polar surface area (TPSA) is 35.2 Å². The fourth-order valence-electron chi connectivity index (χ4n) is 1.26. The van der Waals surface area contributed by atoms with Crippen LogP contribution in [0.15, 0.2) is 18.2 Å². The Bertz CT molecular complexity index is 412. The number of nitrogens with two attached hydrogens (primary N) is 1. The Hall–Kier alpha value is -1.44. The Labute approximate surface area is 98.3 Å². The molecule has 2 N–H and O–H groups in total. The molecule has 0 heterocycles. The van der Waals surface area contributed by atoms with Crippen molar-refractivity contribution >= 4 is 5.69 Å². The molecule has 1 rings (SSSR count). The fraction of sp³-hybridized carbons (Fsp3) is 0.400. The van der Waals surface area contributed by atoms with E-state index in [0.717, 1.165) is 6.07 Å². The molecule has 18 heavy (non-hydrogen) atoms. The number of hydrogen-bond acceptors (Lipinski definition) is 2. The first-order valence-electron chi connectivity index (χ1n) is 4.70. The van der Waals surface area contributed by atoms with E-state index in [2.05, 4.69) is 4.74 Å². The summed E-state index contributed by atoms with van der Waals surface area (Å²) in [6.45, 7) is -2.39. The van der Waals surface area contributed by atoms with Gasteiger partial charge in [-0.15, -0.1) is 0 Å². The van der Waals surface area contributed by atoms with Crippen LogP contribution in [0.1, 0.15) is 11.1 Å². The standard InChI is InChI=1S/C10H9F6NO/c11-9(12,13)5-18-4-6-1-2-7(17)3-8(6)10(14,15)16/h1-3H,4-5,17H2. The number of alkyl halides is 6. The Balaban J connectivity index is 2.83. The average Bonchev–Trinajstić information content (AvgIpc) is 2.17. The summed E-state index contributed by atoms with van der Waals surface area (Å²) < 4.78 is 77.2. The molecule has 0 fully saturated rings. The SMILES string of the molecule is Nc1ccc(COCC(F)(F)F)c(C(F)(F)F)c1. The highest BCUT2D eigenvalue weighted by Gasteiger charge is 2.34. The number of anilines is 1. The van der Waals surface area contributed by atoms with Crippen molar-refractivity contribution in [2.75, 3.05) is 12.3 Å². The van der Waals surface area contributed by atoms with Crippen LogP contribution in [-0.2, 0) is 17.5 Å². The lowest BCUT2D eigenvalue weighted by Gasteiger charge is -2.14. The Morgan fingerprint density at radius 2 is 1.67 bits per heavy atom. The molecule has 0 atom stereocenters. The molecular weight excluding hydrogens is 264 g/mol. The lowest BCUT2D eigenvalue weighted by atomic mass is 10.1. The van der Waals surface area contributed by atoms with Crippen LogP contribution < -0.4 is 5.73 Å². The molecule has 0 spiro atoms. The van der Waals surface area contributed by atoms with E-state index >= 15 is 0 Å². The highest BCUT2D eigenvalue weighted by Crippen LogP contribution is 2.33. The van der Waals surface area contributed by atoms with Crippen LogP contribution in [0.5, 0.6) is 0 Å². The van der Waals surface area contributed by atoms with Crippen LogP contribution in [0.2, 0.25) is 0 Å². The molecule has 1 aromatic rings. The predicted molar refractivity (Wildman–Crippen MR) is 51.6 cm³/mol. The smallest absolute Gasteiger partial charge is 0.399 e. The van der Waals surface area contributed by atoms with Crippen molar-refractivity contribution in [1.29, 1.82) is 0 Å². The highest BCUT2D eigenvalue weighted by atomic mass is 19.4. The van der Waals surface area contributed by atoms with Crippen LogP contribution in [0, 0.1) is 0 Å². The second kappa shape index (κ2) is 5.05. The maximum Gasteiger partial charge on any atom is 0.416 e. The van der Waals surface area contributed by atoms with Gasteiger partial charge in [-0.05, 0) is 17.7 Å². The molecule has 0 unspecified atom stereocenters. The molecule has 0 aliphatic carbocycles. The van der Waals surface area contributed by atoms with Crippen molar-refractivity contribution in [3.05, 3.63) is 29.3 Å². The molecule has 0 aliphatic rings. The van der Waals surface area contributed by atoms with E-state index in [1.165, 1.54) is 6.07 Å². The monoisotopic (exact) mass is 273 g/mol. The quantitative estimate of drug-likeness (QED) is 0.677. The summed E-state index contributed by atoms with van der Waals surface area (Å²) in [4.78, 5) is 0. The first kappa shape index (κ1) is 14.6. The van der Waals surface area contributed by atoms with Crippen LogP contribution in [0.4, 0.5) is 32.0 Å². The van der Waals surface area contributed by atoms with Gasteiger partial charge in [0.15, 0.2) is 0 Å². The van der Waals surface area contributed by atoms with Crippen LogP contribution in [-0.4, -0.2) is 12.8 Å². The Kier molecular flexibility index (Phi) is 4.10. The van der Waals surface area contributed by atoms with Crippen molar-refractivity contribution < 1.29 is 31.1 Å². The third-order valence-electron chi connectivity index (χ3n) is 1.96. The van der Waals surface area contributed by atoms with E-state index in [9.17, 15) is 26.3 Å². The molecule has 8 heteroatoms. The van der Waals surface area contributed by atoms with Gasteiger partial charge < -0.3 is 10.5 Å². The van der Waals surface area contributed by atoms with Gasteiger partial charge in [0, 0.05) is 5.69 Å². The van der Waals surface area contributed by atoms with Gasteiger partial charge in [-0.25, -0.2) is 0 Å². The lowest BCUT2D eigenvalue weighted by molar-refractivity contribution is -0.177. The van der Waals surface area contributed by atoms with E-state index < -0.39 is 31.1 Å². The van der Waals surface area contributed by atoms with Gasteiger partial charge in [0.1, 0.15) is 6.61 Å². The Morgan fingerprint density at radius 3 is 2.17 bits per heavy atom. The fourth-order valence-corrected chi connectivity index (χ4v) is 1.26. The summed E-state index contributed by atoms with van der Waals surface area (Å²) in [5.74, 6) is 0. The number of nitrogen functional groups attached to an aromatic ring is 1. The largest absolute Gasteiger partial charge is 0.416 e. The van der Waals surface area contributed by atoms with Gasteiger partial charge >= 0.3 is 12.4 Å². The lowest BCUT2D eigenvalue weighted by Crippen LogP contribution is -2.18. The minimum atomic E-state index is -4.69. The first-order chi connectivity index (χ1) is 8.09. The van der Waals surface area contributed by atoms with Gasteiger partial charge in [0.2, 0.25) is 0 Å². The van der Waals surface area contributed by atoms with Crippen molar-refractivity contribution in [3.63, 3.8) is 0 Å². The molecule has 0 aliphatic heterocycles. The van der Waals surface area contributed by atoms with Crippen LogP contribution in [0.25, 0.3) is 0 Å². The molecule has 0 saturated carbocycles. The summed E-state index contributed by atoms with van der Waals surface area (Å²) in [5.41, 5.74) is 3.60. The zero-order valence-electron chi connectivity index (χ0n) is 8.90. The number of ether oxygens (including phenoxy) is 1. The molecular formula is C10H9F6NO. The zero-order valence-corrected chi connectivity index (χ0v) is 8.90. The minimum Gasteiger partial charge on any atom is -0.399 e. The molecule has 2 nitrogen and oxygen atoms in total. The van der Waals surface area contributed by atoms with Gasteiger partial charge in [-0.1, -0.05) is 6.07 Å². The second-order valence-electron chi connectivity index (χ2n) is 3.52.